The summed E-state index contributed by atoms with van der Waals surface area (Å²) >= 11 is 5.98. The smallest absolute Gasteiger partial charge is 0.243 e. The summed E-state index contributed by atoms with van der Waals surface area (Å²) < 4.78 is 0. The third kappa shape index (κ3) is 3.05. The normalized spacial score (nSPS) is 19.8. The minimum Gasteiger partial charge on any atom is -0.294 e. The number of ketones is 1. The fourth-order valence-electron chi connectivity index (χ4n) is 2.29. The van der Waals surface area contributed by atoms with Gasteiger partial charge in [0.1, 0.15) is 0 Å². The lowest BCUT2D eigenvalue weighted by Crippen LogP contribution is -2.58. The van der Waals surface area contributed by atoms with E-state index >= 15 is 0 Å². The molecular weight excluding hydrogens is 280 g/mol. The lowest BCUT2D eigenvalue weighted by Gasteiger charge is -2.32. The van der Waals surface area contributed by atoms with Gasteiger partial charge in [0.15, 0.2) is 5.78 Å². The van der Waals surface area contributed by atoms with Crippen LogP contribution in [0.4, 0.5) is 0 Å². The third-order valence-electron chi connectivity index (χ3n) is 3.26. The minimum atomic E-state index is -0.459. The number of nitrogens with zero attached hydrogens (tertiary/aromatic N) is 1. The van der Waals surface area contributed by atoms with Gasteiger partial charge in [-0.2, -0.15) is 0 Å². The van der Waals surface area contributed by atoms with Gasteiger partial charge in [-0.15, -0.1) is 0 Å². The number of amides is 2. The van der Waals surface area contributed by atoms with E-state index in [0.717, 1.165) is 0 Å². The molecule has 0 aliphatic carbocycles. The fourth-order valence-corrected chi connectivity index (χ4v) is 2.53. The van der Waals surface area contributed by atoms with E-state index in [1.54, 1.807) is 29.2 Å². The first-order valence-electron chi connectivity index (χ1n) is 6.38. The van der Waals surface area contributed by atoms with Crippen molar-refractivity contribution >= 4 is 29.2 Å². The van der Waals surface area contributed by atoms with Crippen molar-refractivity contribution in [1.82, 2.24) is 10.2 Å². The largest absolute Gasteiger partial charge is 0.294 e. The number of hydrogen-bond donors (Lipinski definition) is 1. The van der Waals surface area contributed by atoms with Gasteiger partial charge >= 0.3 is 0 Å². The Morgan fingerprint density at radius 1 is 1.40 bits per heavy atom. The van der Waals surface area contributed by atoms with E-state index in [0.29, 0.717) is 17.0 Å². The van der Waals surface area contributed by atoms with Crippen LogP contribution < -0.4 is 5.32 Å². The second-order valence-electron chi connectivity index (χ2n) is 4.64. The van der Waals surface area contributed by atoms with Crippen molar-refractivity contribution in [1.29, 1.82) is 0 Å². The lowest BCUT2D eigenvalue weighted by atomic mass is 10.1. The summed E-state index contributed by atoms with van der Waals surface area (Å²) in [5.74, 6) is -0.932. The van der Waals surface area contributed by atoms with Gasteiger partial charge < -0.3 is 0 Å². The summed E-state index contributed by atoms with van der Waals surface area (Å²) in [7, 11) is 0. The monoisotopic (exact) mass is 294 g/mol. The number of Topliss-reactive ketones (excluding diaryl/α,β-unsaturated/α-hetero) is 1. The van der Waals surface area contributed by atoms with Crippen LogP contribution in [0.5, 0.6) is 0 Å². The topological polar surface area (TPSA) is 66.5 Å². The van der Waals surface area contributed by atoms with Gasteiger partial charge in [0.2, 0.25) is 11.8 Å². The average Bonchev–Trinajstić information content (AvgIpc) is 2.38. The summed E-state index contributed by atoms with van der Waals surface area (Å²) in [5, 5.41) is 2.65. The van der Waals surface area contributed by atoms with Gasteiger partial charge in [-0.25, -0.2) is 0 Å². The van der Waals surface area contributed by atoms with Crippen molar-refractivity contribution in [3.05, 3.63) is 34.9 Å². The third-order valence-corrected chi connectivity index (χ3v) is 3.59. The SMILES string of the molecule is CCC1C(=O)NC(=O)CN1CC(=O)c1ccccc1Cl. The number of nitrogens with one attached hydrogen (secondary N) is 1. The molecule has 0 bridgehead atoms. The average molecular weight is 295 g/mol. The van der Waals surface area contributed by atoms with Crippen LogP contribution in [-0.2, 0) is 9.59 Å². The molecule has 106 valence electrons. The second-order valence-corrected chi connectivity index (χ2v) is 5.05. The van der Waals surface area contributed by atoms with Gasteiger partial charge in [0.05, 0.1) is 24.2 Å². The molecule has 1 fully saturated rings. The Hall–Kier alpha value is -1.72. The second kappa shape index (κ2) is 6.15. The van der Waals surface area contributed by atoms with Gasteiger partial charge in [-0.3, -0.25) is 24.6 Å². The summed E-state index contributed by atoms with van der Waals surface area (Å²) in [4.78, 5) is 37.0. The summed E-state index contributed by atoms with van der Waals surface area (Å²) in [6.45, 7) is 1.88. The van der Waals surface area contributed by atoms with Gasteiger partial charge in [0, 0.05) is 5.56 Å². The number of imide groups is 1. The molecule has 1 saturated heterocycles. The predicted molar refractivity (Wildman–Crippen MR) is 74.6 cm³/mol. The minimum absolute atomic E-state index is 0.00139. The van der Waals surface area contributed by atoms with Crippen LogP contribution in [0.2, 0.25) is 5.02 Å². The first-order valence-corrected chi connectivity index (χ1v) is 6.76. The molecule has 20 heavy (non-hydrogen) atoms. The highest BCUT2D eigenvalue weighted by molar-refractivity contribution is 6.34. The molecule has 1 aromatic carbocycles. The summed E-state index contributed by atoms with van der Waals surface area (Å²) in [5.41, 5.74) is 0.405. The van der Waals surface area contributed by atoms with Crippen molar-refractivity contribution in [2.75, 3.05) is 13.1 Å². The molecule has 6 heteroatoms. The number of halogens is 1. The Bertz CT molecular complexity index is 559. The maximum absolute atomic E-state index is 12.2. The molecule has 5 nitrogen and oxygen atoms in total. The standard InChI is InChI=1S/C14H15ClN2O3/c1-2-11-14(20)16-13(19)8-17(11)7-12(18)9-5-3-4-6-10(9)15/h3-6,11H,2,7-8H2,1H3,(H,16,19,20). The van der Waals surface area contributed by atoms with Crippen LogP contribution in [0.25, 0.3) is 0 Å². The van der Waals surface area contributed by atoms with Gasteiger partial charge in [-0.05, 0) is 18.6 Å². The van der Waals surface area contributed by atoms with E-state index in [2.05, 4.69) is 5.32 Å². The molecule has 0 aromatic heterocycles. The van der Waals surface area contributed by atoms with Crippen LogP contribution in [0.15, 0.2) is 24.3 Å². The number of piperazine rings is 1. The molecule has 1 heterocycles. The zero-order valence-electron chi connectivity index (χ0n) is 11.1. The zero-order chi connectivity index (χ0) is 14.7. The molecule has 1 aromatic rings. The first-order chi connectivity index (χ1) is 9.52. The van der Waals surface area contributed by atoms with Crippen molar-refractivity contribution in [2.45, 2.75) is 19.4 Å². The van der Waals surface area contributed by atoms with Gasteiger partial charge in [0.25, 0.3) is 0 Å². The molecule has 1 aliphatic heterocycles. The highest BCUT2D eigenvalue weighted by Crippen LogP contribution is 2.17. The number of carbonyl (C=O) groups excluding carboxylic acids is 3. The number of rotatable bonds is 4. The first kappa shape index (κ1) is 14.7. The highest BCUT2D eigenvalue weighted by atomic mass is 35.5. The van der Waals surface area contributed by atoms with E-state index in [4.69, 9.17) is 11.6 Å². The van der Waals surface area contributed by atoms with E-state index in [-0.39, 0.29) is 30.7 Å². The van der Waals surface area contributed by atoms with E-state index in [1.165, 1.54) is 0 Å². The lowest BCUT2D eigenvalue weighted by molar-refractivity contribution is -0.139. The van der Waals surface area contributed by atoms with E-state index in [9.17, 15) is 14.4 Å². The molecule has 0 radical (unpaired) electrons. The highest BCUT2D eigenvalue weighted by Gasteiger charge is 2.33. The molecule has 2 amide bonds. The van der Waals surface area contributed by atoms with Crippen LogP contribution >= 0.6 is 11.6 Å². The number of benzene rings is 1. The molecule has 1 aliphatic rings. The van der Waals surface area contributed by atoms with Crippen LogP contribution in [0.3, 0.4) is 0 Å². The zero-order valence-corrected chi connectivity index (χ0v) is 11.8. The van der Waals surface area contributed by atoms with Crippen LogP contribution in [0.1, 0.15) is 23.7 Å². The molecule has 2 rings (SSSR count). The number of hydrogen-bond acceptors (Lipinski definition) is 4. The summed E-state index contributed by atoms with van der Waals surface area (Å²) in [6.07, 6.45) is 0.537. The quantitative estimate of drug-likeness (QED) is 0.671. The number of carbonyl (C=O) groups is 3. The molecule has 0 spiro atoms. The predicted octanol–water partition coefficient (Wildman–Crippen LogP) is 1.26. The van der Waals surface area contributed by atoms with Crippen LogP contribution in [0, 0.1) is 0 Å². The molecular formula is C14H15ClN2O3. The van der Waals surface area contributed by atoms with Gasteiger partial charge in [-0.1, -0.05) is 30.7 Å². The summed E-state index contributed by atoms with van der Waals surface area (Å²) in [6, 6.07) is 6.28. The fraction of sp³-hybridized carbons (Fsp3) is 0.357. The maximum Gasteiger partial charge on any atom is 0.243 e. The molecule has 1 atom stereocenters. The van der Waals surface area contributed by atoms with Crippen molar-refractivity contribution < 1.29 is 14.4 Å². The molecule has 1 N–H and O–H groups in total. The Balaban J connectivity index is 2.15. The Morgan fingerprint density at radius 3 is 2.75 bits per heavy atom. The van der Waals surface area contributed by atoms with E-state index < -0.39 is 6.04 Å². The Labute approximate surface area is 121 Å². The van der Waals surface area contributed by atoms with Crippen molar-refractivity contribution in [3.63, 3.8) is 0 Å². The Morgan fingerprint density at radius 2 is 2.10 bits per heavy atom. The van der Waals surface area contributed by atoms with Crippen LogP contribution in [-0.4, -0.2) is 41.6 Å². The Kier molecular flexibility index (Phi) is 4.52. The van der Waals surface area contributed by atoms with Crippen molar-refractivity contribution in [2.24, 2.45) is 0 Å². The maximum atomic E-state index is 12.2. The molecule has 1 unspecified atom stereocenters. The van der Waals surface area contributed by atoms with Crippen molar-refractivity contribution in [3.8, 4) is 0 Å². The van der Waals surface area contributed by atoms with E-state index in [1.807, 2.05) is 6.92 Å². The molecule has 0 saturated carbocycles.